The number of rotatable bonds is 7. The van der Waals surface area contributed by atoms with E-state index >= 15 is 0 Å². The third kappa shape index (κ3) is 7.42. The van der Waals surface area contributed by atoms with E-state index < -0.39 is 105 Å². The predicted molar refractivity (Wildman–Crippen MR) is 213 cm³/mol. The average Bonchev–Trinajstić information content (AvgIpc) is 3.69. The molecule has 0 radical (unpaired) electrons. The average molecular weight is 869 g/mol. The fourth-order valence-electron chi connectivity index (χ4n) is 14.0. The van der Waals surface area contributed by atoms with Gasteiger partial charge < -0.3 is 78.7 Å². The van der Waals surface area contributed by atoms with Crippen molar-refractivity contribution >= 4 is 0 Å². The van der Waals surface area contributed by atoms with Crippen LogP contribution >= 0.6 is 0 Å². The first-order valence-electron chi connectivity index (χ1n) is 23.2. The van der Waals surface area contributed by atoms with Gasteiger partial charge in [0.1, 0.15) is 61.0 Å². The molecule has 61 heavy (non-hydrogen) atoms. The number of aliphatic hydroxyl groups is 8. The van der Waals surface area contributed by atoms with Crippen molar-refractivity contribution in [1.82, 2.24) is 0 Å². The SMILES string of the molecule is CC1CCC2(OC1)OC1CC3C4CC=C5C[C@@H](O[C@@H]6OC(CO)[C@@H](O[C@@H]7OC(C)[C@H](O)[C@H](O)C7O)[C@H](O)C6O[C@@H]6OC(C)[C@H](O)[C@H](O)C6O)CC[C@]5(C)C4CC[C@]3(C)C1[C@@H]2C. The van der Waals surface area contributed by atoms with Gasteiger partial charge >= 0.3 is 0 Å². The largest absolute Gasteiger partial charge is 0.394 e. The van der Waals surface area contributed by atoms with Crippen molar-refractivity contribution in [3.8, 4) is 0 Å². The molecule has 8 N–H and O–H groups in total. The Morgan fingerprint density at radius 2 is 1.34 bits per heavy atom. The van der Waals surface area contributed by atoms with Crippen LogP contribution in [0, 0.1) is 46.3 Å². The molecular formula is C45H72O16. The molecule has 0 aromatic heterocycles. The van der Waals surface area contributed by atoms with Gasteiger partial charge in [0.2, 0.25) is 0 Å². The highest BCUT2D eigenvalue weighted by molar-refractivity contribution is 5.26. The summed E-state index contributed by atoms with van der Waals surface area (Å²) in [6, 6.07) is 0. The summed E-state index contributed by atoms with van der Waals surface area (Å²) in [4.78, 5) is 0. The maximum Gasteiger partial charge on any atom is 0.187 e. The highest BCUT2D eigenvalue weighted by atomic mass is 16.8. The Morgan fingerprint density at radius 1 is 0.689 bits per heavy atom. The summed E-state index contributed by atoms with van der Waals surface area (Å²) < 4.78 is 50.1. The lowest BCUT2D eigenvalue weighted by Gasteiger charge is -2.58. The molecule has 26 atom stereocenters. The van der Waals surface area contributed by atoms with Gasteiger partial charge in [-0.05, 0) is 106 Å². The van der Waals surface area contributed by atoms with E-state index in [9.17, 15) is 40.9 Å². The summed E-state index contributed by atoms with van der Waals surface area (Å²) in [5, 5.41) is 85.9. The van der Waals surface area contributed by atoms with Crippen LogP contribution in [0.4, 0.5) is 0 Å². The van der Waals surface area contributed by atoms with Crippen LogP contribution in [0.15, 0.2) is 11.6 Å². The van der Waals surface area contributed by atoms with Gasteiger partial charge in [0.15, 0.2) is 24.7 Å². The zero-order chi connectivity index (χ0) is 43.5. The lowest BCUT2D eigenvalue weighted by Crippen LogP contribution is -2.66. The third-order valence-electron chi connectivity index (χ3n) is 17.6. The van der Waals surface area contributed by atoms with Gasteiger partial charge in [-0.15, -0.1) is 0 Å². The van der Waals surface area contributed by atoms with Crippen molar-refractivity contribution < 1.29 is 78.7 Å². The van der Waals surface area contributed by atoms with Gasteiger partial charge in [-0.3, -0.25) is 0 Å². The number of allylic oxidation sites excluding steroid dienone is 1. The molecule has 0 aromatic rings. The molecule has 9 rings (SSSR count). The molecule has 0 bridgehead atoms. The summed E-state index contributed by atoms with van der Waals surface area (Å²) >= 11 is 0. The molecule has 16 nitrogen and oxygen atoms in total. The van der Waals surface area contributed by atoms with Crippen LogP contribution in [0.3, 0.4) is 0 Å². The number of hydrogen-bond acceptors (Lipinski definition) is 16. The predicted octanol–water partition coefficient (Wildman–Crippen LogP) is 1.24. The topological polar surface area (TPSA) is 236 Å². The first-order chi connectivity index (χ1) is 28.9. The van der Waals surface area contributed by atoms with E-state index in [0.717, 1.165) is 45.1 Å². The molecule has 16 heteroatoms. The lowest BCUT2D eigenvalue weighted by molar-refractivity contribution is -0.388. The van der Waals surface area contributed by atoms with Crippen molar-refractivity contribution in [1.29, 1.82) is 0 Å². The van der Waals surface area contributed by atoms with Gasteiger partial charge in [-0.2, -0.15) is 0 Å². The first-order valence-corrected chi connectivity index (χ1v) is 23.2. The van der Waals surface area contributed by atoms with E-state index in [1.165, 1.54) is 25.8 Å². The zero-order valence-corrected chi connectivity index (χ0v) is 36.5. The van der Waals surface area contributed by atoms with E-state index in [1.54, 1.807) is 0 Å². The van der Waals surface area contributed by atoms with Gasteiger partial charge in [0, 0.05) is 12.3 Å². The highest BCUT2D eigenvalue weighted by Crippen LogP contribution is 2.70. The van der Waals surface area contributed by atoms with Crippen molar-refractivity contribution in [2.45, 2.75) is 209 Å². The smallest absolute Gasteiger partial charge is 0.187 e. The summed E-state index contributed by atoms with van der Waals surface area (Å²) in [7, 11) is 0. The Labute approximate surface area is 358 Å². The fraction of sp³-hybridized carbons (Fsp3) is 0.956. The summed E-state index contributed by atoms with van der Waals surface area (Å²) in [6.45, 7) is 12.7. The zero-order valence-electron chi connectivity index (χ0n) is 36.5. The summed E-state index contributed by atoms with van der Waals surface area (Å²) in [5.41, 5.74) is 1.53. The van der Waals surface area contributed by atoms with Crippen molar-refractivity contribution in [2.24, 2.45) is 46.3 Å². The number of fused-ring (bicyclic) bond motifs is 7. The summed E-state index contributed by atoms with van der Waals surface area (Å²) in [6.07, 6.45) is -10.4. The van der Waals surface area contributed by atoms with Crippen LogP contribution in [0.1, 0.15) is 99.3 Å². The van der Waals surface area contributed by atoms with Crippen molar-refractivity contribution in [3.63, 3.8) is 0 Å². The minimum absolute atomic E-state index is 0.0171. The molecule has 348 valence electrons. The Bertz CT molecular complexity index is 1590. The Kier molecular flexibility index (Phi) is 12.4. The monoisotopic (exact) mass is 868 g/mol. The number of hydrogen-bond donors (Lipinski definition) is 8. The molecule has 4 aliphatic carbocycles. The maximum absolute atomic E-state index is 12.0. The Balaban J connectivity index is 0.916. The van der Waals surface area contributed by atoms with E-state index in [-0.39, 0.29) is 23.0 Å². The Morgan fingerprint density at radius 3 is 1.97 bits per heavy atom. The second kappa shape index (κ2) is 16.8. The molecule has 3 saturated carbocycles. The Hall–Kier alpha value is -0.900. The molecule has 0 amide bonds. The molecule has 5 heterocycles. The second-order valence-electron chi connectivity index (χ2n) is 21.1. The lowest BCUT2D eigenvalue weighted by atomic mass is 9.47. The molecule has 5 aliphatic heterocycles. The van der Waals surface area contributed by atoms with Crippen LogP contribution in [0.2, 0.25) is 0 Å². The van der Waals surface area contributed by atoms with Gasteiger partial charge in [-0.1, -0.05) is 39.3 Å². The summed E-state index contributed by atoms with van der Waals surface area (Å²) in [5.74, 6) is 2.64. The molecule has 13 unspecified atom stereocenters. The van der Waals surface area contributed by atoms with Gasteiger partial charge in [0.05, 0.1) is 37.6 Å². The van der Waals surface area contributed by atoms with E-state index in [1.807, 2.05) is 0 Å². The van der Waals surface area contributed by atoms with Crippen molar-refractivity contribution in [3.05, 3.63) is 11.6 Å². The number of ether oxygens (including phenoxy) is 8. The standard InChI is InChI=1S/C45H72O16/c1-19-9-14-45(54-18-19)20(2)30-28(61-45)16-27-25-8-7-23-15-24(10-12-43(23,5)26(25)11-13-44(27,30)6)57-42-39(60-41-36(52)34(50)32(48)22(4)56-41)37(53)38(29(17-46)58-42)59-40-35(51)33(49)31(47)21(3)55-40/h7,19-22,24-42,46-53H,8-18H2,1-6H3/t19?,20-,21?,22?,24-,25?,26?,27?,28?,29?,30?,31-,32-,33-,34-,35?,36?,37-,38+,39?,40-,41-,42+,43-,44-,45?/m0/s1. The quantitative estimate of drug-likeness (QED) is 0.168. The van der Waals surface area contributed by atoms with Gasteiger partial charge in [0.25, 0.3) is 0 Å². The molecule has 9 aliphatic rings. The normalized spacial score (nSPS) is 58.4. The van der Waals surface area contributed by atoms with E-state index in [0.29, 0.717) is 48.3 Å². The molecule has 8 fully saturated rings. The molecule has 0 aromatic carbocycles. The van der Waals surface area contributed by atoms with Crippen LogP contribution in [-0.2, 0) is 37.9 Å². The molecular weight excluding hydrogens is 796 g/mol. The first kappa shape index (κ1) is 45.3. The van der Waals surface area contributed by atoms with E-state index in [2.05, 4.69) is 33.8 Å². The fourth-order valence-corrected chi connectivity index (χ4v) is 14.0. The minimum Gasteiger partial charge on any atom is -0.394 e. The van der Waals surface area contributed by atoms with Crippen LogP contribution in [0.5, 0.6) is 0 Å². The van der Waals surface area contributed by atoms with Gasteiger partial charge in [-0.25, -0.2) is 0 Å². The van der Waals surface area contributed by atoms with Crippen LogP contribution < -0.4 is 0 Å². The van der Waals surface area contributed by atoms with Crippen LogP contribution in [0.25, 0.3) is 0 Å². The second-order valence-corrected chi connectivity index (χ2v) is 21.1. The van der Waals surface area contributed by atoms with Crippen molar-refractivity contribution in [2.75, 3.05) is 13.2 Å². The number of aliphatic hydroxyl groups excluding tert-OH is 8. The van der Waals surface area contributed by atoms with Crippen LogP contribution in [-0.4, -0.2) is 164 Å². The van der Waals surface area contributed by atoms with E-state index in [4.69, 9.17) is 37.9 Å². The minimum atomic E-state index is -1.71. The third-order valence-corrected chi connectivity index (χ3v) is 17.6. The highest BCUT2D eigenvalue weighted by Gasteiger charge is 2.69. The maximum atomic E-state index is 12.0. The molecule has 5 saturated heterocycles. The molecule has 1 spiro atoms.